The number of carbonyl (C=O) groups is 2. The Kier molecular flexibility index (Phi) is 6.05. The number of carbonyl (C=O) groups excluding carboxylic acids is 2. The van der Waals surface area contributed by atoms with E-state index in [0.29, 0.717) is 23.4 Å². The van der Waals surface area contributed by atoms with Crippen LogP contribution in [0.4, 0.5) is 5.69 Å². The first-order valence-electron chi connectivity index (χ1n) is 11.4. The van der Waals surface area contributed by atoms with Crippen LogP contribution < -0.4 is 20.3 Å². The molecule has 4 aliphatic carbocycles. The number of rotatable bonds is 8. The van der Waals surface area contributed by atoms with Crippen LogP contribution in [0, 0.1) is 23.2 Å². The summed E-state index contributed by atoms with van der Waals surface area (Å²) in [6.07, 6.45) is 8.09. The van der Waals surface area contributed by atoms with E-state index >= 15 is 0 Å². The predicted octanol–water partition coefficient (Wildman–Crippen LogP) is 1.87. The second-order valence-electron chi connectivity index (χ2n) is 10.2. The number of nitrogens with one attached hydrogen (secondary N) is 3. The van der Waals surface area contributed by atoms with Crippen LogP contribution in [0.15, 0.2) is 24.3 Å². The molecule has 0 aliphatic heterocycles. The van der Waals surface area contributed by atoms with E-state index in [-0.39, 0.29) is 24.4 Å². The quantitative estimate of drug-likeness (QED) is 0.608. The third kappa shape index (κ3) is 4.64. The lowest BCUT2D eigenvalue weighted by molar-refractivity contribution is -0.862. The summed E-state index contributed by atoms with van der Waals surface area (Å²) in [6, 6.07) is 7.51. The molecular weight excluding hydrogens is 378 g/mol. The van der Waals surface area contributed by atoms with Crippen LogP contribution >= 0.6 is 0 Å². The highest BCUT2D eigenvalue weighted by Gasteiger charge is 2.53. The lowest BCUT2D eigenvalue weighted by atomic mass is 9.48. The Morgan fingerprint density at radius 2 is 1.70 bits per heavy atom. The van der Waals surface area contributed by atoms with E-state index in [1.54, 1.807) is 13.2 Å². The molecule has 6 heteroatoms. The zero-order valence-corrected chi connectivity index (χ0v) is 18.5. The number of benzene rings is 1. The second kappa shape index (κ2) is 8.58. The van der Waals surface area contributed by atoms with Gasteiger partial charge in [-0.25, -0.2) is 0 Å². The lowest BCUT2D eigenvalue weighted by Crippen LogP contribution is -3.11. The number of likely N-dealkylation sites (N-methyl/N-ethyl adjacent to an activating group) is 1. The monoisotopic (exact) mass is 414 g/mol. The Balaban J connectivity index is 1.25. The van der Waals surface area contributed by atoms with E-state index in [2.05, 4.69) is 17.6 Å². The van der Waals surface area contributed by atoms with Crippen molar-refractivity contribution in [2.45, 2.75) is 51.5 Å². The number of anilines is 1. The van der Waals surface area contributed by atoms with Crippen LogP contribution in [0.3, 0.4) is 0 Å². The van der Waals surface area contributed by atoms with Gasteiger partial charge in [-0.2, -0.15) is 0 Å². The molecule has 0 spiro atoms. The highest BCUT2D eigenvalue weighted by molar-refractivity contribution is 5.91. The molecule has 2 atom stereocenters. The molecule has 1 aromatic rings. The van der Waals surface area contributed by atoms with Crippen LogP contribution in [0.1, 0.15) is 45.4 Å². The third-order valence-electron chi connectivity index (χ3n) is 7.66. The molecule has 2 amide bonds. The molecular formula is C24H36N3O3+. The van der Waals surface area contributed by atoms with Gasteiger partial charge in [0.25, 0.3) is 11.8 Å². The van der Waals surface area contributed by atoms with Crippen LogP contribution in [-0.2, 0) is 9.59 Å². The maximum absolute atomic E-state index is 12.7. The smallest absolute Gasteiger partial charge is 0.279 e. The van der Waals surface area contributed by atoms with Crippen molar-refractivity contribution in [2.75, 3.05) is 32.6 Å². The number of ether oxygens (including phenoxy) is 1. The molecule has 0 radical (unpaired) electrons. The zero-order chi connectivity index (χ0) is 21.3. The van der Waals surface area contributed by atoms with Crippen molar-refractivity contribution in [3.63, 3.8) is 0 Å². The molecule has 30 heavy (non-hydrogen) atoms. The minimum atomic E-state index is -0.109. The molecule has 0 heterocycles. The molecule has 4 bridgehead atoms. The Hall–Kier alpha value is -2.08. The van der Waals surface area contributed by atoms with E-state index in [4.69, 9.17) is 4.74 Å². The van der Waals surface area contributed by atoms with Gasteiger partial charge in [0.15, 0.2) is 13.1 Å². The molecule has 1 aromatic carbocycles. The van der Waals surface area contributed by atoms with Crippen LogP contribution in [0.5, 0.6) is 5.75 Å². The van der Waals surface area contributed by atoms with Gasteiger partial charge in [0.1, 0.15) is 5.75 Å². The van der Waals surface area contributed by atoms with Gasteiger partial charge in [-0.15, -0.1) is 0 Å². The molecule has 4 fully saturated rings. The molecule has 6 nitrogen and oxygen atoms in total. The van der Waals surface area contributed by atoms with E-state index in [1.807, 2.05) is 25.2 Å². The van der Waals surface area contributed by atoms with Crippen molar-refractivity contribution in [1.29, 1.82) is 0 Å². The molecule has 4 aliphatic rings. The van der Waals surface area contributed by atoms with E-state index in [0.717, 1.165) is 22.7 Å². The Morgan fingerprint density at radius 3 is 2.30 bits per heavy atom. The van der Waals surface area contributed by atoms with Crippen LogP contribution in [-0.4, -0.2) is 45.1 Å². The van der Waals surface area contributed by atoms with Gasteiger partial charge < -0.3 is 20.3 Å². The number of quaternary nitrogens is 1. The van der Waals surface area contributed by atoms with Crippen molar-refractivity contribution < 1.29 is 19.2 Å². The predicted molar refractivity (Wildman–Crippen MR) is 116 cm³/mol. The summed E-state index contributed by atoms with van der Waals surface area (Å²) in [4.78, 5) is 25.9. The maximum Gasteiger partial charge on any atom is 0.279 e. The van der Waals surface area contributed by atoms with Gasteiger partial charge in [0, 0.05) is 17.8 Å². The fraction of sp³-hybridized carbons (Fsp3) is 0.667. The first-order valence-corrected chi connectivity index (χ1v) is 11.4. The Labute approximate surface area is 179 Å². The minimum absolute atomic E-state index is 0.0462. The van der Waals surface area contributed by atoms with Gasteiger partial charge in [-0.3, -0.25) is 9.59 Å². The Bertz CT molecular complexity index is 758. The molecule has 164 valence electrons. The topological polar surface area (TPSA) is 71.9 Å². The molecule has 0 aromatic heterocycles. The average molecular weight is 415 g/mol. The second-order valence-corrected chi connectivity index (χ2v) is 10.2. The fourth-order valence-corrected chi connectivity index (χ4v) is 6.67. The summed E-state index contributed by atoms with van der Waals surface area (Å²) in [6.45, 7) is 2.76. The van der Waals surface area contributed by atoms with E-state index < -0.39 is 0 Å². The summed E-state index contributed by atoms with van der Waals surface area (Å²) >= 11 is 0. The summed E-state index contributed by atoms with van der Waals surface area (Å²) in [5, 5.41) is 6.18. The van der Waals surface area contributed by atoms with Crippen molar-refractivity contribution in [2.24, 2.45) is 23.2 Å². The van der Waals surface area contributed by atoms with Gasteiger partial charge in [-0.05, 0) is 80.8 Å². The van der Waals surface area contributed by atoms with Crippen molar-refractivity contribution in [1.82, 2.24) is 5.32 Å². The van der Waals surface area contributed by atoms with Crippen molar-refractivity contribution in [3.8, 4) is 5.75 Å². The zero-order valence-electron chi connectivity index (χ0n) is 18.5. The normalized spacial score (nSPS) is 31.1. The van der Waals surface area contributed by atoms with Gasteiger partial charge in [0.2, 0.25) is 0 Å². The average Bonchev–Trinajstić information content (AvgIpc) is 2.66. The van der Waals surface area contributed by atoms with Gasteiger partial charge in [0.05, 0.1) is 14.2 Å². The van der Waals surface area contributed by atoms with Crippen molar-refractivity contribution in [3.05, 3.63) is 24.3 Å². The highest BCUT2D eigenvalue weighted by atomic mass is 16.5. The Morgan fingerprint density at radius 1 is 1.10 bits per heavy atom. The highest BCUT2D eigenvalue weighted by Crippen LogP contribution is 2.61. The fourth-order valence-electron chi connectivity index (χ4n) is 6.67. The summed E-state index contributed by atoms with van der Waals surface area (Å²) in [5.74, 6) is 3.27. The summed E-state index contributed by atoms with van der Waals surface area (Å²) in [7, 11) is 3.49. The third-order valence-corrected chi connectivity index (χ3v) is 7.66. The van der Waals surface area contributed by atoms with Crippen LogP contribution in [0.25, 0.3) is 0 Å². The summed E-state index contributed by atoms with van der Waals surface area (Å²) < 4.78 is 5.19. The molecule has 5 rings (SSSR count). The number of hydrogen-bond donors (Lipinski definition) is 3. The van der Waals surface area contributed by atoms with Gasteiger partial charge in [-0.1, -0.05) is 6.07 Å². The maximum atomic E-state index is 12.7. The molecule has 1 unspecified atom stereocenters. The van der Waals surface area contributed by atoms with Gasteiger partial charge >= 0.3 is 0 Å². The molecule has 0 saturated heterocycles. The minimum Gasteiger partial charge on any atom is -0.497 e. The van der Waals surface area contributed by atoms with Crippen molar-refractivity contribution >= 4 is 17.5 Å². The largest absolute Gasteiger partial charge is 0.497 e. The SMILES string of the molecule is COc1cccc(NC(=O)C[NH+](C)CC(=O)N[C@H](C)C23CC4CC(CC(C4)C2)C3)c1. The first kappa shape index (κ1) is 21.2. The van der Waals surface area contributed by atoms with E-state index in [9.17, 15) is 9.59 Å². The lowest BCUT2D eigenvalue weighted by Gasteiger charge is -2.59. The van der Waals surface area contributed by atoms with Crippen LogP contribution in [0.2, 0.25) is 0 Å². The molecule has 4 saturated carbocycles. The molecule has 3 N–H and O–H groups in total. The summed E-state index contributed by atoms with van der Waals surface area (Å²) in [5.41, 5.74) is 1.01. The first-order chi connectivity index (χ1) is 14.3. The number of methoxy groups -OCH3 is 1. The standard InChI is InChI=1S/C24H35N3O3/c1-16(24-11-17-7-18(12-24)9-19(8-17)13-24)25-22(28)14-27(2)15-23(29)26-20-5-4-6-21(10-20)30-3/h4-6,10,16-19H,7-9,11-15H2,1-3H3,(H,25,28)(H,26,29)/p+1/t16-,17?,18?,19?,24?/m1/s1. The number of amides is 2. The van der Waals surface area contributed by atoms with E-state index in [1.165, 1.54) is 38.5 Å². The number of hydrogen-bond acceptors (Lipinski definition) is 3.